The first-order valence-electron chi connectivity index (χ1n) is 10.7. The van der Waals surface area contributed by atoms with Crippen molar-refractivity contribution in [2.24, 2.45) is 0 Å². The van der Waals surface area contributed by atoms with E-state index in [1.807, 2.05) is 0 Å². The predicted molar refractivity (Wildman–Crippen MR) is 123 cm³/mol. The molecule has 2 aliphatic heterocycles. The third-order valence-electron chi connectivity index (χ3n) is 5.73. The van der Waals surface area contributed by atoms with Gasteiger partial charge in [0.05, 0.1) is 13.2 Å². The van der Waals surface area contributed by atoms with Gasteiger partial charge in [-0.05, 0) is 24.4 Å². The van der Waals surface area contributed by atoms with Crippen LogP contribution in [-0.4, -0.2) is 105 Å². The van der Waals surface area contributed by atoms with Gasteiger partial charge in [0.15, 0.2) is 17.6 Å². The first-order valence-corrected chi connectivity index (χ1v) is 11.1. The number of anilines is 2. The first kappa shape index (κ1) is 26.2. The van der Waals surface area contributed by atoms with Crippen LogP contribution in [0.15, 0.2) is 34.1 Å². The van der Waals surface area contributed by atoms with E-state index >= 15 is 0 Å². The van der Waals surface area contributed by atoms with E-state index in [2.05, 4.69) is 20.6 Å². The molecule has 0 bridgehead atoms. The van der Waals surface area contributed by atoms with Crippen LogP contribution in [0.4, 0.5) is 11.6 Å². The molecule has 17 heteroatoms. The van der Waals surface area contributed by atoms with Crippen LogP contribution < -0.4 is 22.0 Å². The summed E-state index contributed by atoms with van der Waals surface area (Å²) in [5.41, 5.74) is -1.67. The molecule has 2 saturated heterocycles. The molecule has 4 rings (SSSR count). The standard InChI is InChI=1S/C19H24N6O10S/c26-5-7-11(28)13(30)15(34-7)24-3-1-9(22-18(24)32)20-17(36)21-10-2-4-25(19(33)23-10)16-14(31)12(29)8(6-27)35-16/h1-4,7-8,11-16,26-31H,5-6H2,(H2,20,21,22,23,32,33,36)/t7-,8-,11+,12+,13+,14+,15-,16-/m0/s1. The molecule has 2 aromatic heterocycles. The minimum Gasteiger partial charge on any atom is -0.394 e. The second kappa shape index (κ2) is 10.6. The maximum Gasteiger partial charge on any atom is 0.351 e. The average molecular weight is 529 g/mol. The quantitative estimate of drug-likeness (QED) is 0.166. The lowest BCUT2D eigenvalue weighted by Gasteiger charge is -2.18. The van der Waals surface area contributed by atoms with Crippen molar-refractivity contribution < 1.29 is 40.1 Å². The molecule has 2 aromatic rings. The molecular formula is C19H24N6O10S. The van der Waals surface area contributed by atoms with Crippen LogP contribution >= 0.6 is 12.2 Å². The number of thiocarbonyl (C=S) groups is 1. The van der Waals surface area contributed by atoms with Crippen LogP contribution in [0.3, 0.4) is 0 Å². The second-order valence-corrected chi connectivity index (χ2v) is 8.45. The van der Waals surface area contributed by atoms with Crippen molar-refractivity contribution in [3.8, 4) is 0 Å². The SMILES string of the molecule is O=c1nc(NC(=S)Nc2ccn([C@H]3O[C@@H](CO)[C@@H](O)[C@H]3O)c(=O)n2)ccn1[C@H]1O[C@@H](CO)[C@@H](O)[C@H]1O. The van der Waals surface area contributed by atoms with Gasteiger partial charge in [0.2, 0.25) is 0 Å². The maximum absolute atomic E-state index is 12.4. The van der Waals surface area contributed by atoms with Crippen molar-refractivity contribution in [1.29, 1.82) is 0 Å². The van der Waals surface area contributed by atoms with Crippen molar-refractivity contribution in [2.45, 2.75) is 49.1 Å². The van der Waals surface area contributed by atoms with Gasteiger partial charge in [0, 0.05) is 12.4 Å². The third kappa shape index (κ3) is 5.01. The molecule has 0 amide bonds. The summed E-state index contributed by atoms with van der Waals surface area (Å²) < 4.78 is 12.5. The molecule has 4 heterocycles. The number of rotatable bonds is 6. The van der Waals surface area contributed by atoms with Gasteiger partial charge in [-0.3, -0.25) is 9.13 Å². The molecule has 0 aliphatic carbocycles. The molecule has 0 unspecified atom stereocenters. The lowest BCUT2D eigenvalue weighted by molar-refractivity contribution is -0.0549. The van der Waals surface area contributed by atoms with E-state index in [-0.39, 0.29) is 16.7 Å². The van der Waals surface area contributed by atoms with E-state index in [0.717, 1.165) is 9.13 Å². The summed E-state index contributed by atoms with van der Waals surface area (Å²) in [6.45, 7) is -1.09. The van der Waals surface area contributed by atoms with Gasteiger partial charge in [-0.2, -0.15) is 9.97 Å². The molecule has 196 valence electrons. The first-order chi connectivity index (χ1) is 17.1. The van der Waals surface area contributed by atoms with Gasteiger partial charge in [-0.25, -0.2) is 9.59 Å². The van der Waals surface area contributed by atoms with E-state index in [1.54, 1.807) is 0 Å². The highest BCUT2D eigenvalue weighted by Crippen LogP contribution is 2.29. The Kier molecular flexibility index (Phi) is 7.73. The second-order valence-electron chi connectivity index (χ2n) is 8.04. The molecule has 0 aromatic carbocycles. The van der Waals surface area contributed by atoms with Gasteiger partial charge in [0.25, 0.3) is 0 Å². The summed E-state index contributed by atoms with van der Waals surface area (Å²) in [7, 11) is 0. The summed E-state index contributed by atoms with van der Waals surface area (Å²) in [4.78, 5) is 32.4. The Labute approximate surface area is 207 Å². The fourth-order valence-corrected chi connectivity index (χ4v) is 4.04. The average Bonchev–Trinajstić information content (AvgIpc) is 3.29. The Bertz CT molecular complexity index is 1130. The molecule has 36 heavy (non-hydrogen) atoms. The number of nitrogens with zero attached hydrogens (tertiary/aromatic N) is 4. The molecule has 0 spiro atoms. The summed E-state index contributed by atoms with van der Waals surface area (Å²) >= 11 is 5.14. The number of aromatic nitrogens is 4. The number of aliphatic hydroxyl groups excluding tert-OH is 6. The Morgan fingerprint density at radius 1 is 0.806 bits per heavy atom. The Hall–Kier alpha value is -2.87. The van der Waals surface area contributed by atoms with Gasteiger partial charge >= 0.3 is 11.4 Å². The molecular weight excluding hydrogens is 504 g/mol. The Morgan fingerprint density at radius 2 is 1.19 bits per heavy atom. The Balaban J connectivity index is 1.41. The van der Waals surface area contributed by atoms with Crippen LogP contribution in [0.2, 0.25) is 0 Å². The van der Waals surface area contributed by atoms with E-state index in [1.165, 1.54) is 24.5 Å². The van der Waals surface area contributed by atoms with E-state index in [4.69, 9.17) is 21.7 Å². The van der Waals surface area contributed by atoms with Crippen molar-refractivity contribution in [1.82, 2.24) is 19.1 Å². The number of hydrogen-bond donors (Lipinski definition) is 8. The lowest BCUT2D eigenvalue weighted by atomic mass is 10.1. The fourth-order valence-electron chi connectivity index (χ4n) is 3.84. The molecule has 2 aliphatic rings. The van der Waals surface area contributed by atoms with Crippen molar-refractivity contribution in [3.63, 3.8) is 0 Å². The van der Waals surface area contributed by atoms with Crippen LogP contribution in [0.25, 0.3) is 0 Å². The fraction of sp³-hybridized carbons (Fsp3) is 0.526. The third-order valence-corrected chi connectivity index (χ3v) is 5.93. The Morgan fingerprint density at radius 3 is 1.50 bits per heavy atom. The van der Waals surface area contributed by atoms with Gasteiger partial charge in [-0.1, -0.05) is 0 Å². The normalized spacial score (nSPS) is 31.9. The highest BCUT2D eigenvalue weighted by molar-refractivity contribution is 7.80. The zero-order valence-electron chi connectivity index (χ0n) is 18.4. The number of ether oxygens (including phenoxy) is 2. The van der Waals surface area contributed by atoms with Gasteiger partial charge in [-0.15, -0.1) is 0 Å². The van der Waals surface area contributed by atoms with Crippen LogP contribution in [-0.2, 0) is 9.47 Å². The molecule has 16 nitrogen and oxygen atoms in total. The molecule has 2 fully saturated rings. The van der Waals surface area contributed by atoms with Crippen molar-refractivity contribution in [2.75, 3.05) is 23.8 Å². The van der Waals surface area contributed by atoms with Gasteiger partial charge < -0.3 is 50.7 Å². The maximum atomic E-state index is 12.4. The molecule has 0 saturated carbocycles. The minimum atomic E-state index is -1.45. The largest absolute Gasteiger partial charge is 0.394 e. The lowest BCUT2D eigenvalue weighted by Crippen LogP contribution is -2.36. The van der Waals surface area contributed by atoms with E-state index < -0.39 is 73.7 Å². The topological polar surface area (TPSA) is 234 Å². The van der Waals surface area contributed by atoms with Crippen LogP contribution in [0.1, 0.15) is 12.5 Å². The number of hydrogen-bond acceptors (Lipinski definition) is 13. The smallest absolute Gasteiger partial charge is 0.351 e. The minimum absolute atomic E-state index is 0.0142. The molecule has 8 N–H and O–H groups in total. The summed E-state index contributed by atoms with van der Waals surface area (Å²) in [6.07, 6.45) is -7.77. The zero-order valence-corrected chi connectivity index (χ0v) is 19.2. The summed E-state index contributed by atoms with van der Waals surface area (Å²) in [6, 6.07) is 2.69. The van der Waals surface area contributed by atoms with Crippen molar-refractivity contribution in [3.05, 3.63) is 45.5 Å². The number of aliphatic hydroxyl groups is 6. The molecule has 0 radical (unpaired) electrons. The van der Waals surface area contributed by atoms with Crippen LogP contribution in [0, 0.1) is 0 Å². The summed E-state index contributed by atoms with van der Waals surface area (Å²) in [5.74, 6) is 0.0284. The van der Waals surface area contributed by atoms with E-state index in [0.29, 0.717) is 0 Å². The van der Waals surface area contributed by atoms with E-state index in [9.17, 15) is 40.2 Å². The van der Waals surface area contributed by atoms with Crippen LogP contribution in [0.5, 0.6) is 0 Å². The van der Waals surface area contributed by atoms with Gasteiger partial charge in [0.1, 0.15) is 48.3 Å². The predicted octanol–water partition coefficient (Wildman–Crippen LogP) is -4.17. The summed E-state index contributed by atoms with van der Waals surface area (Å²) in [5, 5.41) is 63.5. The monoisotopic (exact) mass is 528 g/mol. The highest BCUT2D eigenvalue weighted by Gasteiger charge is 2.44. The molecule has 8 atom stereocenters. The number of nitrogens with one attached hydrogen (secondary N) is 2. The van der Waals surface area contributed by atoms with Crippen molar-refractivity contribution >= 4 is 29.0 Å². The zero-order chi connectivity index (χ0) is 26.1. The highest BCUT2D eigenvalue weighted by atomic mass is 32.1.